The van der Waals surface area contributed by atoms with Crippen molar-refractivity contribution in [3.8, 4) is 16.3 Å². The van der Waals surface area contributed by atoms with Gasteiger partial charge in [0.1, 0.15) is 17.2 Å². The first-order valence-electron chi connectivity index (χ1n) is 8.18. The van der Waals surface area contributed by atoms with Gasteiger partial charge in [0.25, 0.3) is 5.91 Å². The molecular weight excluding hydrogens is 420 g/mol. The van der Waals surface area contributed by atoms with E-state index < -0.39 is 11.7 Å². The van der Waals surface area contributed by atoms with Gasteiger partial charge in [0, 0.05) is 0 Å². The maximum absolute atomic E-state index is 13.9. The fraction of sp³-hybridized carbons (Fsp3) is 0. The Morgan fingerprint density at radius 1 is 1.04 bits per heavy atom. The lowest BCUT2D eigenvalue weighted by atomic mass is 10.2. The van der Waals surface area contributed by atoms with Crippen LogP contribution < -0.4 is 5.32 Å². The Bertz CT molecular complexity index is 1160. The lowest BCUT2D eigenvalue weighted by molar-refractivity contribution is 0.101. The van der Waals surface area contributed by atoms with Crippen LogP contribution >= 0.6 is 34.5 Å². The van der Waals surface area contributed by atoms with Crippen molar-refractivity contribution in [1.82, 2.24) is 9.78 Å². The van der Waals surface area contributed by atoms with Crippen molar-refractivity contribution in [2.75, 3.05) is 5.32 Å². The van der Waals surface area contributed by atoms with Gasteiger partial charge in [-0.15, -0.1) is 11.3 Å². The Hall–Kier alpha value is -2.67. The zero-order chi connectivity index (χ0) is 19.7. The molecule has 0 spiro atoms. The molecule has 0 aliphatic heterocycles. The zero-order valence-corrected chi connectivity index (χ0v) is 16.5. The molecule has 0 radical (unpaired) electrons. The Morgan fingerprint density at radius 3 is 2.57 bits per heavy atom. The van der Waals surface area contributed by atoms with E-state index in [1.54, 1.807) is 36.4 Å². The topological polar surface area (TPSA) is 46.9 Å². The molecule has 0 bridgehead atoms. The number of nitrogens with one attached hydrogen (secondary N) is 1. The summed E-state index contributed by atoms with van der Waals surface area (Å²) in [7, 11) is 0. The first-order chi connectivity index (χ1) is 13.5. The second-order valence-electron chi connectivity index (χ2n) is 5.84. The van der Waals surface area contributed by atoms with Gasteiger partial charge in [0.05, 0.1) is 26.3 Å². The molecule has 140 valence electrons. The normalized spacial score (nSPS) is 10.8. The average Bonchev–Trinajstić information content (AvgIpc) is 3.35. The Balaban J connectivity index is 1.79. The molecule has 0 unspecified atom stereocenters. The summed E-state index contributed by atoms with van der Waals surface area (Å²) in [6.45, 7) is 0. The number of aromatic nitrogens is 2. The molecule has 1 N–H and O–H groups in total. The molecule has 0 aliphatic rings. The number of thiophene rings is 1. The van der Waals surface area contributed by atoms with Gasteiger partial charge in [-0.3, -0.25) is 4.79 Å². The van der Waals surface area contributed by atoms with Crippen LogP contribution in [-0.4, -0.2) is 15.7 Å². The van der Waals surface area contributed by atoms with E-state index in [1.807, 2.05) is 17.5 Å². The monoisotopic (exact) mass is 431 g/mol. The van der Waals surface area contributed by atoms with Crippen molar-refractivity contribution in [3.05, 3.63) is 87.6 Å². The van der Waals surface area contributed by atoms with Gasteiger partial charge in [-0.05, 0) is 47.8 Å². The van der Waals surface area contributed by atoms with E-state index in [2.05, 4.69) is 10.4 Å². The molecule has 4 rings (SSSR count). The van der Waals surface area contributed by atoms with E-state index in [1.165, 1.54) is 28.2 Å². The number of carbonyl (C=O) groups is 1. The second-order valence-corrected chi connectivity index (χ2v) is 7.60. The third kappa shape index (κ3) is 3.67. The predicted molar refractivity (Wildman–Crippen MR) is 111 cm³/mol. The lowest BCUT2D eigenvalue weighted by Crippen LogP contribution is -2.17. The summed E-state index contributed by atoms with van der Waals surface area (Å²) in [4.78, 5) is 13.8. The molecule has 8 heteroatoms. The van der Waals surface area contributed by atoms with Crippen molar-refractivity contribution < 1.29 is 9.18 Å². The van der Waals surface area contributed by atoms with E-state index in [9.17, 15) is 9.18 Å². The fourth-order valence-electron chi connectivity index (χ4n) is 2.65. The van der Waals surface area contributed by atoms with E-state index in [0.717, 1.165) is 4.88 Å². The van der Waals surface area contributed by atoms with Crippen molar-refractivity contribution in [2.24, 2.45) is 0 Å². The Kier molecular flexibility index (Phi) is 5.17. The highest BCUT2D eigenvalue weighted by Crippen LogP contribution is 2.29. The third-order valence-corrected chi connectivity index (χ3v) is 5.62. The SMILES string of the molecule is O=C(Nc1ccccc1F)c1cc(-c2cccs2)nn1-c1ccc(Cl)c(Cl)c1. The van der Waals surface area contributed by atoms with Gasteiger partial charge in [-0.25, -0.2) is 9.07 Å². The van der Waals surface area contributed by atoms with Crippen LogP contribution in [0, 0.1) is 5.82 Å². The summed E-state index contributed by atoms with van der Waals surface area (Å²) in [5.41, 5.74) is 1.52. The van der Waals surface area contributed by atoms with Crippen LogP contribution in [0.3, 0.4) is 0 Å². The molecule has 0 saturated carbocycles. The van der Waals surface area contributed by atoms with E-state index in [4.69, 9.17) is 23.2 Å². The van der Waals surface area contributed by atoms with Crippen molar-refractivity contribution in [1.29, 1.82) is 0 Å². The van der Waals surface area contributed by atoms with Crippen LogP contribution in [0.15, 0.2) is 66.0 Å². The Morgan fingerprint density at radius 2 is 1.86 bits per heavy atom. The van der Waals surface area contributed by atoms with Crippen molar-refractivity contribution in [2.45, 2.75) is 0 Å². The highest BCUT2D eigenvalue weighted by Gasteiger charge is 2.19. The number of hydrogen-bond donors (Lipinski definition) is 1. The molecule has 4 aromatic rings. The summed E-state index contributed by atoms with van der Waals surface area (Å²) >= 11 is 13.6. The molecule has 28 heavy (non-hydrogen) atoms. The number of nitrogens with zero attached hydrogens (tertiary/aromatic N) is 2. The lowest BCUT2D eigenvalue weighted by Gasteiger charge is -2.09. The molecule has 2 aromatic carbocycles. The van der Waals surface area contributed by atoms with Crippen LogP contribution in [0.5, 0.6) is 0 Å². The van der Waals surface area contributed by atoms with Gasteiger partial charge in [0.2, 0.25) is 0 Å². The molecule has 2 aromatic heterocycles. The third-order valence-electron chi connectivity index (χ3n) is 3.99. The van der Waals surface area contributed by atoms with Gasteiger partial charge >= 0.3 is 0 Å². The molecular formula is C20H12Cl2FN3OS. The minimum Gasteiger partial charge on any atom is -0.318 e. The van der Waals surface area contributed by atoms with Crippen LogP contribution in [0.2, 0.25) is 10.0 Å². The summed E-state index contributed by atoms with van der Waals surface area (Å²) in [5, 5.41) is 9.80. The number of carbonyl (C=O) groups excluding carboxylic acids is 1. The standard InChI is InChI=1S/C20H12Cl2FN3OS/c21-13-8-7-12(10-14(13)22)26-18(11-17(25-26)19-6-3-9-28-19)20(27)24-16-5-2-1-4-15(16)23/h1-11H,(H,24,27). The molecule has 2 heterocycles. The highest BCUT2D eigenvalue weighted by molar-refractivity contribution is 7.13. The fourth-order valence-corrected chi connectivity index (χ4v) is 3.62. The van der Waals surface area contributed by atoms with E-state index in [0.29, 0.717) is 21.4 Å². The first-order valence-corrected chi connectivity index (χ1v) is 9.82. The summed E-state index contributed by atoms with van der Waals surface area (Å²) in [5.74, 6) is -1.01. The number of amides is 1. The molecule has 1 amide bonds. The number of para-hydroxylation sites is 1. The number of anilines is 1. The smallest absolute Gasteiger partial charge is 0.274 e. The summed E-state index contributed by atoms with van der Waals surface area (Å²) in [6, 6.07) is 16.4. The molecule has 0 saturated heterocycles. The van der Waals surface area contributed by atoms with Crippen LogP contribution in [0.4, 0.5) is 10.1 Å². The number of halogens is 3. The van der Waals surface area contributed by atoms with Crippen molar-refractivity contribution >= 4 is 46.1 Å². The van der Waals surface area contributed by atoms with E-state index in [-0.39, 0.29) is 11.4 Å². The largest absolute Gasteiger partial charge is 0.318 e. The van der Waals surface area contributed by atoms with Gasteiger partial charge in [-0.2, -0.15) is 5.10 Å². The van der Waals surface area contributed by atoms with Crippen molar-refractivity contribution in [3.63, 3.8) is 0 Å². The minimum atomic E-state index is -0.519. The average molecular weight is 432 g/mol. The summed E-state index contributed by atoms with van der Waals surface area (Å²) in [6.07, 6.45) is 0. The first kappa shape index (κ1) is 18.7. The van der Waals surface area contributed by atoms with Gasteiger partial charge in [-0.1, -0.05) is 41.4 Å². The number of hydrogen-bond acceptors (Lipinski definition) is 3. The minimum absolute atomic E-state index is 0.0899. The van der Waals surface area contributed by atoms with Gasteiger partial charge in [0.15, 0.2) is 0 Å². The quantitative estimate of drug-likeness (QED) is 0.412. The van der Waals surface area contributed by atoms with Crippen LogP contribution in [0.25, 0.3) is 16.3 Å². The molecule has 0 atom stereocenters. The predicted octanol–water partition coefficient (Wildman–Crippen LogP) is 6.30. The Labute approximate surface area is 174 Å². The number of benzene rings is 2. The molecule has 4 nitrogen and oxygen atoms in total. The van der Waals surface area contributed by atoms with Gasteiger partial charge < -0.3 is 5.32 Å². The second kappa shape index (κ2) is 7.75. The summed E-state index contributed by atoms with van der Waals surface area (Å²) < 4.78 is 15.4. The van der Waals surface area contributed by atoms with Crippen LogP contribution in [0.1, 0.15) is 10.5 Å². The van der Waals surface area contributed by atoms with E-state index >= 15 is 0 Å². The highest BCUT2D eigenvalue weighted by atomic mass is 35.5. The maximum Gasteiger partial charge on any atom is 0.274 e. The molecule has 0 aliphatic carbocycles. The molecule has 0 fully saturated rings. The number of rotatable bonds is 4. The maximum atomic E-state index is 13.9. The zero-order valence-electron chi connectivity index (χ0n) is 14.2. The van der Waals surface area contributed by atoms with Crippen LogP contribution in [-0.2, 0) is 0 Å².